The third-order valence-electron chi connectivity index (χ3n) is 6.16. The van der Waals surface area contributed by atoms with E-state index in [2.05, 4.69) is 20.8 Å². The maximum absolute atomic E-state index is 12.4. The molecule has 1 aromatic carbocycles. The number of hydrogen-bond acceptors (Lipinski definition) is 4. The van der Waals surface area contributed by atoms with Crippen LogP contribution >= 0.6 is 0 Å². The van der Waals surface area contributed by atoms with Gasteiger partial charge in [-0.05, 0) is 53.7 Å². The Labute approximate surface area is 144 Å². The summed E-state index contributed by atoms with van der Waals surface area (Å²) >= 11 is 0. The number of rotatable bonds is 4. The Hall–Kier alpha value is -1.36. The van der Waals surface area contributed by atoms with Crippen LogP contribution < -0.4 is 0 Å². The lowest BCUT2D eigenvalue weighted by Gasteiger charge is -2.61. The molecule has 0 aliphatic heterocycles. The van der Waals surface area contributed by atoms with E-state index in [-0.39, 0.29) is 17.8 Å². The number of carbonyl (C=O) groups is 1. The van der Waals surface area contributed by atoms with Crippen LogP contribution in [-0.2, 0) is 20.3 Å². The summed E-state index contributed by atoms with van der Waals surface area (Å²) in [4.78, 5) is 12.4. The van der Waals surface area contributed by atoms with Gasteiger partial charge >= 0.3 is 5.97 Å². The molecule has 0 N–H and O–H groups in total. The van der Waals surface area contributed by atoms with Crippen molar-refractivity contribution < 1.29 is 17.9 Å². The van der Waals surface area contributed by atoms with Crippen LogP contribution in [0.2, 0.25) is 0 Å². The van der Waals surface area contributed by atoms with Gasteiger partial charge < -0.3 is 4.74 Å². The van der Waals surface area contributed by atoms with Crippen molar-refractivity contribution in [2.24, 2.45) is 23.2 Å². The predicted molar refractivity (Wildman–Crippen MR) is 93.4 cm³/mol. The van der Waals surface area contributed by atoms with Crippen molar-refractivity contribution in [3.8, 4) is 0 Å². The van der Waals surface area contributed by atoms with Crippen LogP contribution in [0.25, 0.3) is 0 Å². The normalized spacial score (nSPS) is 31.2. The van der Waals surface area contributed by atoms with Crippen molar-refractivity contribution in [2.75, 3.05) is 6.26 Å². The van der Waals surface area contributed by atoms with Crippen molar-refractivity contribution in [3.05, 3.63) is 35.4 Å². The SMILES string of the molecule is C[C@H]1[C@@H](OC(=O)c2ccc(CS(C)(=O)=O)cc2)C[C@H]2C[C@H]1C2(C)C. The molecule has 0 aromatic heterocycles. The molecule has 3 saturated carbocycles. The highest BCUT2D eigenvalue weighted by Gasteiger charge is 2.57. The summed E-state index contributed by atoms with van der Waals surface area (Å²) in [6.45, 7) is 6.83. The standard InChI is InChI=1S/C19H26O4S/c1-12-16-9-15(19(16,2)3)10-17(12)23-18(20)14-7-5-13(6-8-14)11-24(4,21)22/h5-8,12,15-17H,9-11H2,1-4H3/t12-,15-,16-,17+/m1/s1. The Balaban J connectivity index is 1.64. The number of fused-ring (bicyclic) bond motifs is 2. The first-order valence-electron chi connectivity index (χ1n) is 8.55. The molecule has 3 aliphatic carbocycles. The van der Waals surface area contributed by atoms with Gasteiger partial charge in [0.1, 0.15) is 6.10 Å². The minimum Gasteiger partial charge on any atom is -0.458 e. The van der Waals surface area contributed by atoms with Crippen LogP contribution in [0.4, 0.5) is 0 Å². The number of benzene rings is 1. The van der Waals surface area contributed by atoms with Crippen LogP contribution in [-0.4, -0.2) is 26.7 Å². The molecule has 0 heterocycles. The van der Waals surface area contributed by atoms with Gasteiger partial charge in [-0.25, -0.2) is 13.2 Å². The molecule has 5 heteroatoms. The van der Waals surface area contributed by atoms with E-state index in [1.807, 2.05) is 0 Å². The Morgan fingerprint density at radius 3 is 2.33 bits per heavy atom. The first-order valence-corrected chi connectivity index (χ1v) is 10.6. The van der Waals surface area contributed by atoms with E-state index >= 15 is 0 Å². The number of hydrogen-bond donors (Lipinski definition) is 0. The van der Waals surface area contributed by atoms with E-state index in [9.17, 15) is 13.2 Å². The van der Waals surface area contributed by atoms with Gasteiger partial charge in [-0.3, -0.25) is 0 Å². The van der Waals surface area contributed by atoms with E-state index in [0.717, 1.165) is 6.42 Å². The third-order valence-corrected chi connectivity index (χ3v) is 7.02. The van der Waals surface area contributed by atoms with Gasteiger partial charge in [0.15, 0.2) is 9.84 Å². The van der Waals surface area contributed by atoms with Crippen molar-refractivity contribution in [1.29, 1.82) is 0 Å². The van der Waals surface area contributed by atoms with Gasteiger partial charge in [-0.1, -0.05) is 32.9 Å². The van der Waals surface area contributed by atoms with Crippen LogP contribution in [0.1, 0.15) is 49.5 Å². The summed E-state index contributed by atoms with van der Waals surface area (Å²) in [5.74, 6) is 1.34. The van der Waals surface area contributed by atoms with Gasteiger partial charge in [0, 0.05) is 6.26 Å². The maximum Gasteiger partial charge on any atom is 0.338 e. The second-order valence-corrected chi connectivity index (χ2v) is 10.3. The second-order valence-electron chi connectivity index (χ2n) is 8.17. The van der Waals surface area contributed by atoms with E-state index in [1.54, 1.807) is 24.3 Å². The summed E-state index contributed by atoms with van der Waals surface area (Å²) in [6, 6.07) is 6.67. The minimum atomic E-state index is -3.07. The zero-order valence-electron chi connectivity index (χ0n) is 14.8. The van der Waals surface area contributed by atoms with Gasteiger partial charge in [0.25, 0.3) is 0 Å². The second kappa shape index (κ2) is 5.87. The van der Waals surface area contributed by atoms with Crippen LogP contribution in [0.5, 0.6) is 0 Å². The van der Waals surface area contributed by atoms with Crippen LogP contribution in [0, 0.1) is 23.2 Å². The smallest absolute Gasteiger partial charge is 0.338 e. The predicted octanol–water partition coefficient (Wildman–Crippen LogP) is 3.46. The lowest BCUT2D eigenvalue weighted by molar-refractivity contribution is -0.156. The van der Waals surface area contributed by atoms with E-state index in [1.165, 1.54) is 12.7 Å². The number of ether oxygens (including phenoxy) is 1. The topological polar surface area (TPSA) is 60.4 Å². The lowest BCUT2D eigenvalue weighted by atomic mass is 9.45. The molecule has 0 radical (unpaired) electrons. The van der Waals surface area contributed by atoms with Crippen molar-refractivity contribution in [1.82, 2.24) is 0 Å². The fourth-order valence-corrected chi connectivity index (χ4v) is 5.30. The zero-order valence-corrected chi connectivity index (χ0v) is 15.6. The summed E-state index contributed by atoms with van der Waals surface area (Å²) in [5.41, 5.74) is 1.54. The van der Waals surface area contributed by atoms with Gasteiger partial charge in [0.2, 0.25) is 0 Å². The summed E-state index contributed by atoms with van der Waals surface area (Å²) in [5, 5.41) is 0. The molecule has 2 bridgehead atoms. The van der Waals surface area contributed by atoms with Crippen LogP contribution in [0.3, 0.4) is 0 Å². The minimum absolute atomic E-state index is 0.00929. The number of esters is 1. The third kappa shape index (κ3) is 3.23. The van der Waals surface area contributed by atoms with E-state index in [4.69, 9.17) is 4.74 Å². The van der Waals surface area contributed by atoms with Gasteiger partial charge in [0.05, 0.1) is 11.3 Å². The molecule has 0 saturated heterocycles. The quantitative estimate of drug-likeness (QED) is 0.780. The highest BCUT2D eigenvalue weighted by atomic mass is 32.2. The Morgan fingerprint density at radius 1 is 1.21 bits per heavy atom. The molecule has 3 aliphatic rings. The molecular formula is C19H26O4S. The van der Waals surface area contributed by atoms with Crippen molar-refractivity contribution in [2.45, 2.75) is 45.5 Å². The van der Waals surface area contributed by atoms with Gasteiger partial charge in [-0.2, -0.15) is 0 Å². The molecular weight excluding hydrogens is 324 g/mol. The average Bonchev–Trinajstić information content (AvgIpc) is 2.47. The highest BCUT2D eigenvalue weighted by molar-refractivity contribution is 7.89. The fourth-order valence-electron chi connectivity index (χ4n) is 4.50. The largest absolute Gasteiger partial charge is 0.458 e. The molecule has 4 rings (SSSR count). The van der Waals surface area contributed by atoms with E-state index < -0.39 is 9.84 Å². The molecule has 3 fully saturated rings. The molecule has 4 nitrogen and oxygen atoms in total. The first-order chi connectivity index (χ1) is 11.1. The van der Waals surface area contributed by atoms with Crippen molar-refractivity contribution >= 4 is 15.8 Å². The van der Waals surface area contributed by atoms with Crippen molar-refractivity contribution in [3.63, 3.8) is 0 Å². The lowest BCUT2D eigenvalue weighted by Crippen LogP contribution is -2.57. The summed E-state index contributed by atoms with van der Waals surface area (Å²) < 4.78 is 28.4. The molecule has 4 atom stereocenters. The molecule has 0 amide bonds. The first kappa shape index (κ1) is 17.5. The Morgan fingerprint density at radius 2 is 1.83 bits per heavy atom. The summed E-state index contributed by atoms with van der Waals surface area (Å²) in [6.07, 6.45) is 3.39. The number of sulfone groups is 1. The molecule has 1 aromatic rings. The Bertz CT molecular complexity index is 733. The molecule has 0 spiro atoms. The average molecular weight is 350 g/mol. The molecule has 24 heavy (non-hydrogen) atoms. The monoisotopic (exact) mass is 350 g/mol. The highest BCUT2D eigenvalue weighted by Crippen LogP contribution is 2.61. The zero-order chi connectivity index (χ0) is 17.7. The molecule has 0 unspecified atom stereocenters. The molecule has 132 valence electrons. The van der Waals surface area contributed by atoms with E-state index in [0.29, 0.717) is 34.3 Å². The number of carbonyl (C=O) groups excluding carboxylic acids is 1. The van der Waals surface area contributed by atoms with Crippen LogP contribution in [0.15, 0.2) is 24.3 Å². The maximum atomic E-state index is 12.4. The summed E-state index contributed by atoms with van der Waals surface area (Å²) in [7, 11) is -3.07. The fraction of sp³-hybridized carbons (Fsp3) is 0.632. The van der Waals surface area contributed by atoms with Gasteiger partial charge in [-0.15, -0.1) is 0 Å². The Kier molecular flexibility index (Phi) is 4.27.